The number of carboxylic acid groups (broad SMARTS) is 1. The van der Waals surface area contributed by atoms with Gasteiger partial charge in [0.05, 0.1) is 0 Å². The molecule has 1 N–H and O–H groups in total. The average molecular weight is 467 g/mol. The lowest BCUT2D eigenvalue weighted by Gasteiger charge is -2.60. The van der Waals surface area contributed by atoms with Gasteiger partial charge in [-0.2, -0.15) is 0 Å². The number of carbonyl (C=O) groups excluding carboxylic acids is 1. The number of hydrogen-bond donors (Lipinski definition) is 1. The molecular formula is C30H42O4. The van der Waals surface area contributed by atoms with E-state index in [2.05, 4.69) is 53.3 Å². The van der Waals surface area contributed by atoms with Gasteiger partial charge in [-0.25, -0.2) is 4.79 Å². The molecule has 7 atom stereocenters. The second kappa shape index (κ2) is 8.53. The van der Waals surface area contributed by atoms with Crippen LogP contribution in [0.15, 0.2) is 47.3 Å². The van der Waals surface area contributed by atoms with Gasteiger partial charge in [0.2, 0.25) is 0 Å². The van der Waals surface area contributed by atoms with Gasteiger partial charge in [-0.3, -0.25) is 4.79 Å². The van der Waals surface area contributed by atoms with Gasteiger partial charge in [0, 0.05) is 12.0 Å². The van der Waals surface area contributed by atoms with Gasteiger partial charge in [-0.15, -0.1) is 0 Å². The highest BCUT2D eigenvalue weighted by atomic mass is 16.5. The lowest BCUT2D eigenvalue weighted by molar-refractivity contribution is -0.138. The molecule has 2 fully saturated rings. The molecule has 1 aliphatic heterocycles. The molecule has 4 nitrogen and oxygen atoms in total. The van der Waals surface area contributed by atoms with Crippen molar-refractivity contribution in [2.75, 3.05) is 0 Å². The Morgan fingerprint density at radius 3 is 2.59 bits per heavy atom. The zero-order valence-electron chi connectivity index (χ0n) is 21.9. The van der Waals surface area contributed by atoms with Crippen LogP contribution in [0.4, 0.5) is 0 Å². The number of aliphatic carboxylic acids is 1. The zero-order valence-corrected chi connectivity index (χ0v) is 21.9. The lowest BCUT2D eigenvalue weighted by Crippen LogP contribution is -2.52. The Morgan fingerprint density at radius 2 is 2.00 bits per heavy atom. The lowest BCUT2D eigenvalue weighted by atomic mass is 9.44. The van der Waals surface area contributed by atoms with Crippen molar-refractivity contribution in [2.24, 2.45) is 39.9 Å². The normalized spacial score (nSPS) is 41.3. The van der Waals surface area contributed by atoms with E-state index in [1.54, 1.807) is 12.5 Å². The van der Waals surface area contributed by atoms with Crippen molar-refractivity contribution >= 4 is 11.9 Å². The van der Waals surface area contributed by atoms with Crippen molar-refractivity contribution in [3.8, 4) is 0 Å². The minimum atomic E-state index is -0.704. The maximum atomic E-state index is 11.8. The summed E-state index contributed by atoms with van der Waals surface area (Å²) in [4.78, 5) is 23.4. The fourth-order valence-electron chi connectivity index (χ4n) is 8.47. The van der Waals surface area contributed by atoms with Gasteiger partial charge in [0.1, 0.15) is 5.76 Å². The van der Waals surface area contributed by atoms with Gasteiger partial charge in [0.25, 0.3) is 0 Å². The first-order valence-corrected chi connectivity index (χ1v) is 13.0. The summed E-state index contributed by atoms with van der Waals surface area (Å²) < 4.78 is 5.45. The van der Waals surface area contributed by atoms with Crippen molar-refractivity contribution in [3.63, 3.8) is 0 Å². The van der Waals surface area contributed by atoms with E-state index < -0.39 is 5.97 Å². The fourth-order valence-corrected chi connectivity index (χ4v) is 8.47. The second-order valence-corrected chi connectivity index (χ2v) is 12.3. The predicted molar refractivity (Wildman–Crippen MR) is 135 cm³/mol. The number of fused-ring (bicyclic) bond motifs is 3. The number of allylic oxidation sites excluding steroid dienone is 5. The molecule has 186 valence electrons. The molecule has 4 heteroatoms. The number of ether oxygens (including phenoxy) is 1. The van der Waals surface area contributed by atoms with Gasteiger partial charge >= 0.3 is 11.9 Å². The molecule has 0 bridgehead atoms. The molecule has 1 heterocycles. The van der Waals surface area contributed by atoms with Crippen molar-refractivity contribution in [2.45, 2.75) is 86.5 Å². The van der Waals surface area contributed by atoms with Crippen molar-refractivity contribution in [1.82, 2.24) is 0 Å². The molecule has 34 heavy (non-hydrogen) atoms. The molecule has 2 saturated carbocycles. The number of carbonyl (C=O) groups is 2. The first-order chi connectivity index (χ1) is 15.8. The minimum absolute atomic E-state index is 0.0648. The van der Waals surface area contributed by atoms with Crippen LogP contribution in [-0.2, 0) is 14.3 Å². The summed E-state index contributed by atoms with van der Waals surface area (Å²) >= 11 is 0. The van der Waals surface area contributed by atoms with Crippen molar-refractivity contribution in [1.29, 1.82) is 0 Å². The SMILES string of the molecule is C=C(C)[C@@H]1CC=C2C(CC[C@]3(C)[C@@H](C(C)/C=C4\C=C(C)C(=O)O4)CC[C@@]23C)[C@@]1(C)CCC(=O)O. The highest BCUT2D eigenvalue weighted by Crippen LogP contribution is 2.71. The maximum Gasteiger partial charge on any atom is 0.339 e. The molecule has 4 rings (SSSR count). The largest absolute Gasteiger partial charge is 0.481 e. The van der Waals surface area contributed by atoms with Crippen LogP contribution in [0.2, 0.25) is 0 Å². The molecule has 0 saturated heterocycles. The third-order valence-corrected chi connectivity index (χ3v) is 10.6. The number of hydrogen-bond acceptors (Lipinski definition) is 3. The van der Waals surface area contributed by atoms with Gasteiger partial charge in [0.15, 0.2) is 0 Å². The van der Waals surface area contributed by atoms with E-state index in [-0.39, 0.29) is 28.6 Å². The predicted octanol–water partition coefficient (Wildman–Crippen LogP) is 7.24. The van der Waals surface area contributed by atoms with E-state index in [0.717, 1.165) is 32.1 Å². The van der Waals surface area contributed by atoms with Crippen LogP contribution < -0.4 is 0 Å². The highest BCUT2D eigenvalue weighted by Gasteiger charge is 2.63. The van der Waals surface area contributed by atoms with E-state index in [0.29, 0.717) is 41.4 Å². The Labute approximate surface area is 205 Å². The quantitative estimate of drug-likeness (QED) is 0.331. The van der Waals surface area contributed by atoms with Crippen molar-refractivity contribution < 1.29 is 19.4 Å². The molecule has 0 radical (unpaired) electrons. The van der Waals surface area contributed by atoms with Crippen LogP contribution in [0.3, 0.4) is 0 Å². The Balaban J connectivity index is 1.66. The molecule has 0 aromatic heterocycles. The fraction of sp³-hybridized carbons (Fsp3) is 0.667. The highest BCUT2D eigenvalue weighted by molar-refractivity contribution is 5.92. The third kappa shape index (κ3) is 3.72. The van der Waals surface area contributed by atoms with E-state index in [1.165, 1.54) is 5.57 Å². The van der Waals surface area contributed by atoms with Gasteiger partial charge in [-0.1, -0.05) is 51.5 Å². The molecule has 2 unspecified atom stereocenters. The van der Waals surface area contributed by atoms with Crippen LogP contribution in [0, 0.1) is 39.9 Å². The van der Waals surface area contributed by atoms with Crippen LogP contribution >= 0.6 is 0 Å². The van der Waals surface area contributed by atoms with E-state index in [9.17, 15) is 14.7 Å². The Bertz CT molecular complexity index is 999. The molecule has 4 aliphatic rings. The summed E-state index contributed by atoms with van der Waals surface area (Å²) in [5, 5.41) is 9.49. The van der Waals surface area contributed by atoms with Crippen molar-refractivity contribution in [3.05, 3.63) is 47.3 Å². The van der Waals surface area contributed by atoms with Gasteiger partial charge in [-0.05, 0) is 104 Å². The Morgan fingerprint density at radius 1 is 1.29 bits per heavy atom. The first-order valence-electron chi connectivity index (χ1n) is 13.0. The van der Waals surface area contributed by atoms with Crippen LogP contribution in [0.1, 0.15) is 86.5 Å². The second-order valence-electron chi connectivity index (χ2n) is 12.3. The number of rotatable bonds is 6. The summed E-state index contributed by atoms with van der Waals surface area (Å²) in [6, 6.07) is 0. The monoisotopic (exact) mass is 466 g/mol. The number of esters is 1. The summed E-state index contributed by atoms with van der Waals surface area (Å²) in [6.45, 7) is 17.8. The topological polar surface area (TPSA) is 63.6 Å². The third-order valence-electron chi connectivity index (χ3n) is 10.6. The van der Waals surface area contributed by atoms with E-state index in [4.69, 9.17) is 4.74 Å². The number of cyclic esters (lactones) is 1. The summed E-state index contributed by atoms with van der Waals surface area (Å²) in [6.07, 6.45) is 13.0. The van der Waals surface area contributed by atoms with E-state index >= 15 is 0 Å². The maximum absolute atomic E-state index is 11.8. The number of carboxylic acids is 1. The molecule has 0 aromatic carbocycles. The Hall–Kier alpha value is -2.10. The van der Waals surface area contributed by atoms with Crippen LogP contribution in [-0.4, -0.2) is 17.0 Å². The van der Waals surface area contributed by atoms with Crippen LogP contribution in [0.5, 0.6) is 0 Å². The standard InChI is InChI=1S/C30H42O4/c1-18(2)22-8-9-25-24(28(22,5)13-12-26(31)32)11-15-29(6)23(10-14-30(25,29)7)19(3)16-21-17-20(4)27(33)34-21/h9,16-17,19,22-24H,1,8,10-15H2,2-7H3,(H,31,32)/b21-16+/t19?,22-,23+,24?,28-,29+,30-/m0/s1. The molecular weight excluding hydrogens is 424 g/mol. The smallest absolute Gasteiger partial charge is 0.339 e. The molecule has 3 aliphatic carbocycles. The Kier molecular flexibility index (Phi) is 6.28. The molecule has 0 amide bonds. The summed E-state index contributed by atoms with van der Waals surface area (Å²) in [5.74, 6) is 1.34. The summed E-state index contributed by atoms with van der Waals surface area (Å²) in [5.41, 5.74) is 3.64. The molecule has 0 spiro atoms. The summed E-state index contributed by atoms with van der Waals surface area (Å²) in [7, 11) is 0. The molecule has 0 aromatic rings. The van der Waals surface area contributed by atoms with Gasteiger partial charge < -0.3 is 9.84 Å². The minimum Gasteiger partial charge on any atom is -0.481 e. The zero-order chi connectivity index (χ0) is 25.1. The average Bonchev–Trinajstić information content (AvgIpc) is 3.21. The first kappa shape index (κ1) is 25.0. The van der Waals surface area contributed by atoms with Crippen LogP contribution in [0.25, 0.3) is 0 Å². The van der Waals surface area contributed by atoms with E-state index in [1.807, 2.05) is 6.08 Å².